The fourth-order valence-electron chi connectivity index (χ4n) is 3.91. The molecule has 5 rings (SSSR count). The normalized spacial score (nSPS) is 13.6. The van der Waals surface area contributed by atoms with Crippen molar-refractivity contribution in [2.45, 2.75) is 13.5 Å². The fraction of sp³-hybridized carbons (Fsp3) is 0.0690. The van der Waals surface area contributed by atoms with Crippen LogP contribution in [0.2, 0.25) is 5.02 Å². The van der Waals surface area contributed by atoms with E-state index in [4.69, 9.17) is 21.1 Å². The molecule has 3 nitrogen and oxygen atoms in total. The molecule has 0 unspecified atom stereocenters. The molecule has 34 heavy (non-hydrogen) atoms. The third-order valence-electron chi connectivity index (χ3n) is 5.67. The molecule has 168 valence electrons. The molecular weight excluding hydrogens is 451 g/mol. The van der Waals surface area contributed by atoms with Crippen molar-refractivity contribution in [3.05, 3.63) is 124 Å². The summed E-state index contributed by atoms with van der Waals surface area (Å²) in [6.07, 6.45) is 1.75. The van der Waals surface area contributed by atoms with Crippen molar-refractivity contribution in [2.24, 2.45) is 0 Å². The highest BCUT2D eigenvalue weighted by atomic mass is 35.5. The second-order valence-corrected chi connectivity index (χ2v) is 8.47. The van der Waals surface area contributed by atoms with E-state index in [9.17, 15) is 9.18 Å². The molecule has 0 fully saturated rings. The van der Waals surface area contributed by atoms with Crippen LogP contribution in [0.1, 0.15) is 27.0 Å². The van der Waals surface area contributed by atoms with E-state index < -0.39 is 5.82 Å². The summed E-state index contributed by atoms with van der Waals surface area (Å²) in [5.74, 6) is 0.704. The van der Waals surface area contributed by atoms with E-state index in [0.29, 0.717) is 27.6 Å². The van der Waals surface area contributed by atoms with E-state index >= 15 is 0 Å². The zero-order valence-electron chi connectivity index (χ0n) is 18.3. The van der Waals surface area contributed by atoms with Crippen molar-refractivity contribution in [1.82, 2.24) is 0 Å². The fourth-order valence-corrected chi connectivity index (χ4v) is 4.14. The number of halogens is 2. The Morgan fingerprint density at radius 1 is 0.941 bits per heavy atom. The second kappa shape index (κ2) is 9.16. The first-order valence-corrected chi connectivity index (χ1v) is 11.2. The molecule has 1 aliphatic heterocycles. The smallest absolute Gasteiger partial charge is 0.232 e. The van der Waals surface area contributed by atoms with Crippen LogP contribution in [0.15, 0.2) is 90.7 Å². The van der Waals surface area contributed by atoms with Crippen molar-refractivity contribution in [1.29, 1.82) is 0 Å². The average molecular weight is 471 g/mol. The highest BCUT2D eigenvalue weighted by Gasteiger charge is 2.30. The number of benzene rings is 4. The number of ether oxygens (including phenoxy) is 2. The minimum absolute atomic E-state index is 0.159. The predicted octanol–water partition coefficient (Wildman–Crippen LogP) is 7.65. The van der Waals surface area contributed by atoms with Crippen molar-refractivity contribution >= 4 is 23.5 Å². The molecule has 0 saturated heterocycles. The van der Waals surface area contributed by atoms with Gasteiger partial charge in [0.25, 0.3) is 0 Å². The van der Waals surface area contributed by atoms with Crippen molar-refractivity contribution < 1.29 is 18.7 Å². The molecule has 0 spiro atoms. The lowest BCUT2D eigenvalue weighted by Gasteiger charge is -2.10. The van der Waals surface area contributed by atoms with E-state index in [1.54, 1.807) is 24.3 Å². The Bertz CT molecular complexity index is 1410. The SMILES string of the molecule is Cc1cc(OCc2ccc(F)cc2Cl)cc2c1C(=O)/C(=C/c1ccc(-c3ccccc3)cc1)O2. The van der Waals surface area contributed by atoms with Gasteiger partial charge < -0.3 is 9.47 Å². The van der Waals surface area contributed by atoms with Gasteiger partial charge in [-0.05, 0) is 53.5 Å². The van der Waals surface area contributed by atoms with Gasteiger partial charge in [0.15, 0.2) is 5.76 Å². The minimum Gasteiger partial charge on any atom is -0.489 e. The third-order valence-corrected chi connectivity index (χ3v) is 6.02. The van der Waals surface area contributed by atoms with Crippen LogP contribution in [-0.4, -0.2) is 5.78 Å². The van der Waals surface area contributed by atoms with Crippen LogP contribution >= 0.6 is 11.6 Å². The number of ketones is 1. The van der Waals surface area contributed by atoms with Crippen LogP contribution in [0.5, 0.6) is 11.5 Å². The van der Waals surface area contributed by atoms with Gasteiger partial charge in [0.1, 0.15) is 23.9 Å². The maximum absolute atomic E-state index is 13.3. The monoisotopic (exact) mass is 470 g/mol. The second-order valence-electron chi connectivity index (χ2n) is 8.07. The Labute approximate surface area is 202 Å². The summed E-state index contributed by atoms with van der Waals surface area (Å²) >= 11 is 6.08. The maximum atomic E-state index is 13.3. The van der Waals surface area contributed by atoms with Gasteiger partial charge in [-0.25, -0.2) is 4.39 Å². The molecule has 0 aromatic heterocycles. The lowest BCUT2D eigenvalue weighted by Crippen LogP contribution is -2.00. The number of carbonyl (C=O) groups excluding carboxylic acids is 1. The van der Waals surface area contributed by atoms with E-state index in [1.165, 1.54) is 12.1 Å². The van der Waals surface area contributed by atoms with Gasteiger partial charge in [-0.15, -0.1) is 0 Å². The van der Waals surface area contributed by atoms with Crippen molar-refractivity contribution in [2.75, 3.05) is 0 Å². The molecule has 0 radical (unpaired) electrons. The zero-order chi connectivity index (χ0) is 23.7. The molecule has 0 atom stereocenters. The number of aryl methyl sites for hydroxylation is 1. The van der Waals surface area contributed by atoms with Crippen LogP contribution < -0.4 is 9.47 Å². The largest absolute Gasteiger partial charge is 0.489 e. The minimum atomic E-state index is -0.400. The summed E-state index contributed by atoms with van der Waals surface area (Å²) in [6, 6.07) is 25.7. The Hall–Kier alpha value is -3.89. The molecule has 4 aromatic rings. The van der Waals surface area contributed by atoms with E-state index in [0.717, 1.165) is 22.3 Å². The van der Waals surface area contributed by atoms with Crippen LogP contribution in [0.3, 0.4) is 0 Å². The Balaban J connectivity index is 1.34. The quantitative estimate of drug-likeness (QED) is 0.281. The number of allylic oxidation sites excluding steroid dienone is 1. The van der Waals surface area contributed by atoms with Gasteiger partial charge in [0.2, 0.25) is 5.78 Å². The Kier molecular flexibility index (Phi) is 5.91. The highest BCUT2D eigenvalue weighted by molar-refractivity contribution is 6.31. The van der Waals surface area contributed by atoms with Crippen molar-refractivity contribution in [3.8, 4) is 22.6 Å². The standard InChI is InChI=1S/C29H20ClFO3/c1-18-13-24(33-17-22-11-12-23(31)15-25(22)30)16-26-28(18)29(32)27(34-26)14-19-7-9-21(10-8-19)20-5-3-2-4-6-20/h2-16H,17H2,1H3/b27-14-. The molecular formula is C29H20ClFO3. The van der Waals surface area contributed by atoms with Gasteiger partial charge in [-0.3, -0.25) is 4.79 Å². The number of hydrogen-bond donors (Lipinski definition) is 0. The summed E-state index contributed by atoms with van der Waals surface area (Å²) in [4.78, 5) is 13.0. The van der Waals surface area contributed by atoms with Crippen molar-refractivity contribution in [3.63, 3.8) is 0 Å². The summed E-state index contributed by atoms with van der Waals surface area (Å²) in [6.45, 7) is 2.01. The first-order valence-electron chi connectivity index (χ1n) is 10.8. The third kappa shape index (κ3) is 4.45. The lowest BCUT2D eigenvalue weighted by atomic mass is 10.0. The van der Waals surface area contributed by atoms with E-state index in [1.807, 2.05) is 49.4 Å². The van der Waals surface area contributed by atoms with Crippen LogP contribution in [0, 0.1) is 12.7 Å². The molecule has 0 saturated carbocycles. The number of carbonyl (C=O) groups is 1. The summed E-state index contributed by atoms with van der Waals surface area (Å²) < 4.78 is 25.0. The zero-order valence-corrected chi connectivity index (χ0v) is 19.1. The molecule has 0 amide bonds. The predicted molar refractivity (Wildman–Crippen MR) is 132 cm³/mol. The van der Waals surface area contributed by atoms with Gasteiger partial charge in [0.05, 0.1) is 10.6 Å². The highest BCUT2D eigenvalue weighted by Crippen LogP contribution is 2.38. The van der Waals surface area contributed by atoms with E-state index in [-0.39, 0.29) is 18.1 Å². The molecule has 0 N–H and O–H groups in total. The van der Waals surface area contributed by atoms with E-state index in [2.05, 4.69) is 12.1 Å². The average Bonchev–Trinajstić information content (AvgIpc) is 3.15. The maximum Gasteiger partial charge on any atom is 0.232 e. The van der Waals surface area contributed by atoms with Gasteiger partial charge >= 0.3 is 0 Å². The Morgan fingerprint density at radius 2 is 1.68 bits per heavy atom. The molecule has 5 heteroatoms. The van der Waals surface area contributed by atoms with Crippen LogP contribution in [0.4, 0.5) is 4.39 Å². The molecule has 0 bridgehead atoms. The first kappa shape index (κ1) is 21.9. The molecule has 4 aromatic carbocycles. The van der Waals surface area contributed by atoms with Crippen LogP contribution in [-0.2, 0) is 6.61 Å². The summed E-state index contributed by atoms with van der Waals surface area (Å²) in [5, 5.41) is 0.299. The molecule has 0 aliphatic carbocycles. The molecule has 1 heterocycles. The summed E-state index contributed by atoms with van der Waals surface area (Å²) in [7, 11) is 0. The van der Waals surface area contributed by atoms with Gasteiger partial charge in [-0.1, -0.05) is 72.3 Å². The number of hydrogen-bond acceptors (Lipinski definition) is 3. The first-order chi connectivity index (χ1) is 16.5. The Morgan fingerprint density at radius 3 is 2.41 bits per heavy atom. The van der Waals surface area contributed by atoms with Gasteiger partial charge in [-0.2, -0.15) is 0 Å². The van der Waals surface area contributed by atoms with Gasteiger partial charge in [0, 0.05) is 11.6 Å². The number of Topliss-reactive ketones (excluding diaryl/α,β-unsaturated/α-hetero) is 1. The van der Waals surface area contributed by atoms with Crippen LogP contribution in [0.25, 0.3) is 17.2 Å². The summed E-state index contributed by atoms with van der Waals surface area (Å²) in [5.41, 5.74) is 5.05. The molecule has 1 aliphatic rings. The number of rotatable bonds is 5. The number of fused-ring (bicyclic) bond motifs is 1. The topological polar surface area (TPSA) is 35.5 Å². The lowest BCUT2D eigenvalue weighted by molar-refractivity contribution is 0.101.